The molecule has 2 aromatic carbocycles. The third-order valence-electron chi connectivity index (χ3n) is 5.39. The second-order valence-electron chi connectivity index (χ2n) is 8.19. The number of anilines is 1. The van der Waals surface area contributed by atoms with Crippen LogP contribution in [0.2, 0.25) is 15.1 Å². The van der Waals surface area contributed by atoms with Crippen molar-refractivity contribution in [2.75, 3.05) is 23.7 Å². The van der Waals surface area contributed by atoms with Crippen LogP contribution in [0.4, 0.5) is 5.69 Å². The highest BCUT2D eigenvalue weighted by Gasteiger charge is 2.32. The molecule has 192 valence electrons. The van der Waals surface area contributed by atoms with E-state index < -0.39 is 28.5 Å². The van der Waals surface area contributed by atoms with Gasteiger partial charge in [-0.3, -0.25) is 13.9 Å². The SMILES string of the molecule is CCCNC(=O)[C@H](CC)N(Cc1ccc(Cl)c(Cl)c1)C(=O)CN(c1cc(Cl)ccc1C)S(C)(=O)=O. The summed E-state index contributed by atoms with van der Waals surface area (Å²) >= 11 is 18.3. The van der Waals surface area contributed by atoms with Crippen molar-refractivity contribution >= 4 is 62.3 Å². The summed E-state index contributed by atoms with van der Waals surface area (Å²) in [7, 11) is -3.85. The first kappa shape index (κ1) is 29.2. The number of benzene rings is 2. The summed E-state index contributed by atoms with van der Waals surface area (Å²) < 4.78 is 26.4. The fourth-order valence-electron chi connectivity index (χ4n) is 3.57. The summed E-state index contributed by atoms with van der Waals surface area (Å²) in [5.74, 6) is -0.855. The molecule has 2 aromatic rings. The zero-order valence-corrected chi connectivity index (χ0v) is 23.2. The van der Waals surface area contributed by atoms with E-state index in [9.17, 15) is 18.0 Å². The fraction of sp³-hybridized carbons (Fsp3) is 0.417. The Balaban J connectivity index is 2.49. The predicted molar refractivity (Wildman–Crippen MR) is 143 cm³/mol. The number of carbonyl (C=O) groups excluding carboxylic acids is 2. The monoisotopic (exact) mass is 561 g/mol. The molecule has 0 fully saturated rings. The topological polar surface area (TPSA) is 86.8 Å². The first-order valence-corrected chi connectivity index (χ1v) is 14.1. The van der Waals surface area contributed by atoms with Crippen LogP contribution in [-0.4, -0.2) is 50.5 Å². The van der Waals surface area contributed by atoms with Gasteiger partial charge in [-0.05, 0) is 55.2 Å². The average Bonchev–Trinajstić information content (AvgIpc) is 2.79. The lowest BCUT2D eigenvalue weighted by Crippen LogP contribution is -2.52. The van der Waals surface area contributed by atoms with Crippen molar-refractivity contribution in [3.63, 3.8) is 0 Å². The van der Waals surface area contributed by atoms with Gasteiger partial charge in [0.1, 0.15) is 12.6 Å². The van der Waals surface area contributed by atoms with Gasteiger partial charge in [0.05, 0.1) is 22.0 Å². The molecule has 0 heterocycles. The third-order valence-corrected chi connectivity index (χ3v) is 7.49. The summed E-state index contributed by atoms with van der Waals surface area (Å²) in [6, 6.07) is 8.95. The quantitative estimate of drug-likeness (QED) is 0.415. The Hall–Kier alpha value is -2.00. The van der Waals surface area contributed by atoms with Crippen LogP contribution in [0.5, 0.6) is 0 Å². The van der Waals surface area contributed by atoms with E-state index in [1.165, 1.54) is 11.0 Å². The summed E-state index contributed by atoms with van der Waals surface area (Å²) in [5.41, 5.74) is 1.59. The van der Waals surface area contributed by atoms with Gasteiger partial charge in [-0.25, -0.2) is 8.42 Å². The Morgan fingerprint density at radius 1 is 1.03 bits per heavy atom. The molecule has 0 bridgehead atoms. The molecule has 2 amide bonds. The maximum absolute atomic E-state index is 13.7. The van der Waals surface area contributed by atoms with E-state index >= 15 is 0 Å². The lowest BCUT2D eigenvalue weighted by molar-refractivity contribution is -0.140. The third kappa shape index (κ3) is 8.00. The Bertz CT molecular complexity index is 1170. The molecule has 0 aliphatic carbocycles. The number of nitrogens with one attached hydrogen (secondary N) is 1. The Kier molecular flexibility index (Phi) is 10.7. The average molecular weight is 563 g/mol. The van der Waals surface area contributed by atoms with Crippen molar-refractivity contribution in [1.29, 1.82) is 0 Å². The highest BCUT2D eigenvalue weighted by Crippen LogP contribution is 2.28. The minimum absolute atomic E-state index is 0.0416. The van der Waals surface area contributed by atoms with Gasteiger partial charge < -0.3 is 10.2 Å². The van der Waals surface area contributed by atoms with E-state index in [4.69, 9.17) is 34.8 Å². The maximum atomic E-state index is 13.7. The van der Waals surface area contributed by atoms with Gasteiger partial charge in [-0.1, -0.05) is 60.8 Å². The number of aryl methyl sites for hydroxylation is 1. The lowest BCUT2D eigenvalue weighted by atomic mass is 10.1. The molecule has 0 aromatic heterocycles. The van der Waals surface area contributed by atoms with E-state index in [-0.39, 0.29) is 12.5 Å². The van der Waals surface area contributed by atoms with Crippen molar-refractivity contribution in [2.24, 2.45) is 0 Å². The summed E-state index contributed by atoms with van der Waals surface area (Å²) in [6.07, 6.45) is 2.09. The molecule has 1 atom stereocenters. The van der Waals surface area contributed by atoms with Crippen LogP contribution >= 0.6 is 34.8 Å². The van der Waals surface area contributed by atoms with Crippen LogP contribution in [0, 0.1) is 6.92 Å². The van der Waals surface area contributed by atoms with Crippen LogP contribution in [0.15, 0.2) is 36.4 Å². The number of halogens is 3. The van der Waals surface area contributed by atoms with Crippen LogP contribution in [0.3, 0.4) is 0 Å². The lowest BCUT2D eigenvalue weighted by Gasteiger charge is -2.33. The van der Waals surface area contributed by atoms with E-state index in [0.717, 1.165) is 17.0 Å². The van der Waals surface area contributed by atoms with Crippen LogP contribution in [0.25, 0.3) is 0 Å². The molecule has 0 spiro atoms. The Labute approximate surface area is 222 Å². The molecule has 0 saturated heterocycles. The molecule has 7 nitrogen and oxygen atoms in total. The molecule has 35 heavy (non-hydrogen) atoms. The highest BCUT2D eigenvalue weighted by atomic mass is 35.5. The predicted octanol–water partition coefficient (Wildman–Crippen LogP) is 5.05. The first-order valence-electron chi connectivity index (χ1n) is 11.1. The molecular formula is C24H30Cl3N3O4S. The molecule has 0 radical (unpaired) electrons. The van der Waals surface area contributed by atoms with Gasteiger partial charge >= 0.3 is 0 Å². The normalized spacial score (nSPS) is 12.2. The number of amides is 2. The highest BCUT2D eigenvalue weighted by molar-refractivity contribution is 7.92. The maximum Gasteiger partial charge on any atom is 0.244 e. The molecule has 2 rings (SSSR count). The van der Waals surface area contributed by atoms with Crippen LogP contribution in [-0.2, 0) is 26.2 Å². The second-order valence-corrected chi connectivity index (χ2v) is 11.3. The number of rotatable bonds is 11. The van der Waals surface area contributed by atoms with Gasteiger partial charge in [0.25, 0.3) is 0 Å². The number of nitrogens with zero attached hydrogens (tertiary/aromatic N) is 2. The minimum atomic E-state index is -3.85. The standard InChI is InChI=1S/C24H30Cl3N3O4S/c1-5-11-28-24(32)21(6-2)29(14-17-8-10-19(26)20(27)12-17)23(31)15-30(35(4,33)34)22-13-18(25)9-7-16(22)3/h7-10,12-13,21H,5-6,11,14-15H2,1-4H3,(H,28,32)/t21-/m0/s1. The Morgan fingerprint density at radius 2 is 1.71 bits per heavy atom. The molecular weight excluding hydrogens is 533 g/mol. The second kappa shape index (κ2) is 12.8. The van der Waals surface area contributed by atoms with E-state index in [2.05, 4.69) is 5.32 Å². The zero-order valence-electron chi connectivity index (χ0n) is 20.1. The molecule has 1 N–H and O–H groups in total. The van der Waals surface area contributed by atoms with E-state index in [0.29, 0.717) is 44.8 Å². The van der Waals surface area contributed by atoms with Crippen molar-refractivity contribution in [1.82, 2.24) is 10.2 Å². The van der Waals surface area contributed by atoms with E-state index in [1.807, 2.05) is 6.92 Å². The molecule has 0 unspecified atom stereocenters. The van der Waals surface area contributed by atoms with E-state index in [1.54, 1.807) is 44.2 Å². The van der Waals surface area contributed by atoms with Gasteiger partial charge in [-0.15, -0.1) is 0 Å². The number of carbonyl (C=O) groups is 2. The molecule has 0 saturated carbocycles. The fourth-order valence-corrected chi connectivity index (χ4v) is 4.95. The van der Waals surface area contributed by atoms with Crippen LogP contribution < -0.4 is 9.62 Å². The molecule has 11 heteroatoms. The van der Waals surface area contributed by atoms with Gasteiger partial charge in [0, 0.05) is 18.1 Å². The summed E-state index contributed by atoms with van der Waals surface area (Å²) in [6.45, 7) is 5.45. The van der Waals surface area contributed by atoms with Gasteiger partial charge in [0.15, 0.2) is 0 Å². The smallest absolute Gasteiger partial charge is 0.244 e. The summed E-state index contributed by atoms with van der Waals surface area (Å²) in [5, 5.41) is 3.84. The number of sulfonamides is 1. The molecule has 0 aliphatic heterocycles. The zero-order chi connectivity index (χ0) is 26.3. The number of hydrogen-bond acceptors (Lipinski definition) is 4. The first-order chi connectivity index (χ1) is 16.4. The van der Waals surface area contributed by atoms with Gasteiger partial charge in [0.2, 0.25) is 21.8 Å². The van der Waals surface area contributed by atoms with Crippen LogP contribution in [0.1, 0.15) is 37.8 Å². The van der Waals surface area contributed by atoms with Crippen molar-refractivity contribution in [3.05, 3.63) is 62.6 Å². The summed E-state index contributed by atoms with van der Waals surface area (Å²) in [4.78, 5) is 28.0. The molecule has 0 aliphatic rings. The minimum Gasteiger partial charge on any atom is -0.354 e. The largest absolute Gasteiger partial charge is 0.354 e. The Morgan fingerprint density at radius 3 is 2.29 bits per heavy atom. The van der Waals surface area contributed by atoms with Crippen molar-refractivity contribution in [2.45, 2.75) is 46.2 Å². The number of hydrogen-bond donors (Lipinski definition) is 1. The van der Waals surface area contributed by atoms with Gasteiger partial charge in [-0.2, -0.15) is 0 Å². The van der Waals surface area contributed by atoms with Crippen molar-refractivity contribution < 1.29 is 18.0 Å². The van der Waals surface area contributed by atoms with Crippen molar-refractivity contribution in [3.8, 4) is 0 Å².